The quantitative estimate of drug-likeness (QED) is 0.714. The highest BCUT2D eigenvalue weighted by Gasteiger charge is 2.06. The summed E-state index contributed by atoms with van der Waals surface area (Å²) in [5, 5.41) is 18.1. The minimum atomic E-state index is -0.684. The van der Waals surface area contributed by atoms with Crippen molar-refractivity contribution in [3.05, 3.63) is 23.5 Å². The highest BCUT2D eigenvalue weighted by Crippen LogP contribution is 2.26. The number of halogens is 1. The number of hydrogen-bond donors (Lipinski definition) is 2. The second-order valence-electron chi connectivity index (χ2n) is 2.68. The van der Waals surface area contributed by atoms with Gasteiger partial charge in [0.15, 0.2) is 11.6 Å². The number of phenols is 2. The molecule has 1 rings (SSSR count). The molecule has 0 aliphatic carbocycles. The van der Waals surface area contributed by atoms with E-state index >= 15 is 0 Å². The van der Waals surface area contributed by atoms with E-state index in [-0.39, 0.29) is 5.75 Å². The Morgan fingerprint density at radius 1 is 1.25 bits per heavy atom. The van der Waals surface area contributed by atoms with Gasteiger partial charge in [0.1, 0.15) is 5.75 Å². The molecule has 0 spiro atoms. The van der Waals surface area contributed by atoms with Crippen LogP contribution in [0, 0.1) is 5.82 Å². The predicted octanol–water partition coefficient (Wildman–Crippen LogP) is 2.19. The van der Waals surface area contributed by atoms with Crippen LogP contribution in [0.15, 0.2) is 12.1 Å². The average Bonchev–Trinajstić information content (AvgIpc) is 2.01. The lowest BCUT2D eigenvalue weighted by atomic mass is 10.1. The Labute approximate surface area is 70.3 Å². The highest BCUT2D eigenvalue weighted by atomic mass is 19.1. The van der Waals surface area contributed by atoms with E-state index < -0.39 is 11.6 Å². The first-order valence-electron chi connectivity index (χ1n) is 3.85. The summed E-state index contributed by atoms with van der Waals surface area (Å²) in [5.74, 6) is -1.24. The van der Waals surface area contributed by atoms with E-state index in [4.69, 9.17) is 5.11 Å². The average molecular weight is 170 g/mol. The van der Waals surface area contributed by atoms with Crippen molar-refractivity contribution in [2.24, 2.45) is 0 Å². The van der Waals surface area contributed by atoms with Gasteiger partial charge in [-0.15, -0.1) is 0 Å². The first-order valence-corrected chi connectivity index (χ1v) is 3.85. The minimum Gasteiger partial charge on any atom is -0.508 e. The van der Waals surface area contributed by atoms with Crippen molar-refractivity contribution in [3.8, 4) is 11.5 Å². The number of aromatic hydroxyl groups is 2. The highest BCUT2D eigenvalue weighted by molar-refractivity contribution is 5.40. The first-order chi connectivity index (χ1) is 5.65. The Morgan fingerprint density at radius 2 is 1.92 bits per heavy atom. The van der Waals surface area contributed by atoms with Gasteiger partial charge in [-0.25, -0.2) is 4.39 Å². The topological polar surface area (TPSA) is 40.5 Å². The second-order valence-corrected chi connectivity index (χ2v) is 2.68. The summed E-state index contributed by atoms with van der Waals surface area (Å²) in [6, 6.07) is 2.19. The third-order valence-corrected chi connectivity index (χ3v) is 1.67. The van der Waals surface area contributed by atoms with Crippen LogP contribution in [-0.2, 0) is 6.42 Å². The molecule has 0 fully saturated rings. The normalized spacial score (nSPS) is 10.2. The van der Waals surface area contributed by atoms with Crippen LogP contribution in [0.25, 0.3) is 0 Å². The molecular weight excluding hydrogens is 159 g/mol. The molecule has 0 atom stereocenters. The maximum Gasteiger partial charge on any atom is 0.165 e. The monoisotopic (exact) mass is 170 g/mol. The molecule has 1 aromatic carbocycles. The zero-order valence-corrected chi connectivity index (χ0v) is 6.84. The number of benzene rings is 1. The van der Waals surface area contributed by atoms with Gasteiger partial charge in [-0.05, 0) is 18.1 Å². The smallest absolute Gasteiger partial charge is 0.165 e. The van der Waals surface area contributed by atoms with Gasteiger partial charge in [-0.3, -0.25) is 0 Å². The summed E-state index contributed by atoms with van der Waals surface area (Å²) in [5.41, 5.74) is 0.535. The molecule has 0 aliphatic rings. The van der Waals surface area contributed by atoms with E-state index in [2.05, 4.69) is 0 Å². The Morgan fingerprint density at radius 3 is 2.50 bits per heavy atom. The molecule has 0 radical (unpaired) electrons. The third kappa shape index (κ3) is 1.67. The van der Waals surface area contributed by atoms with Gasteiger partial charge in [0.25, 0.3) is 0 Å². The maximum absolute atomic E-state index is 12.7. The van der Waals surface area contributed by atoms with Gasteiger partial charge < -0.3 is 10.2 Å². The second kappa shape index (κ2) is 3.43. The third-order valence-electron chi connectivity index (χ3n) is 1.67. The number of rotatable bonds is 2. The SMILES string of the molecule is CCCc1cc(F)c(O)cc1O. The molecule has 1 aromatic rings. The van der Waals surface area contributed by atoms with E-state index in [1.165, 1.54) is 0 Å². The summed E-state index contributed by atoms with van der Waals surface area (Å²) >= 11 is 0. The lowest BCUT2D eigenvalue weighted by Crippen LogP contribution is -1.86. The van der Waals surface area contributed by atoms with Crippen LogP contribution in [0.1, 0.15) is 18.9 Å². The molecule has 0 aromatic heterocycles. The summed E-state index contributed by atoms with van der Waals surface area (Å²) in [4.78, 5) is 0. The zero-order chi connectivity index (χ0) is 9.14. The van der Waals surface area contributed by atoms with Crippen molar-refractivity contribution in [2.45, 2.75) is 19.8 Å². The minimum absolute atomic E-state index is 0.0456. The maximum atomic E-state index is 12.7. The Bertz CT molecular complexity index is 284. The van der Waals surface area contributed by atoms with Gasteiger partial charge in [-0.2, -0.15) is 0 Å². The van der Waals surface area contributed by atoms with Gasteiger partial charge in [0.2, 0.25) is 0 Å². The van der Waals surface area contributed by atoms with Crippen molar-refractivity contribution in [2.75, 3.05) is 0 Å². The Kier molecular flexibility index (Phi) is 2.53. The zero-order valence-electron chi connectivity index (χ0n) is 6.84. The van der Waals surface area contributed by atoms with Crippen LogP contribution >= 0.6 is 0 Å². The fraction of sp³-hybridized carbons (Fsp3) is 0.333. The van der Waals surface area contributed by atoms with Gasteiger partial charge in [0.05, 0.1) is 0 Å². The fourth-order valence-corrected chi connectivity index (χ4v) is 1.06. The molecule has 0 unspecified atom stereocenters. The van der Waals surface area contributed by atoms with E-state index in [0.717, 1.165) is 18.6 Å². The molecule has 3 heteroatoms. The number of phenolic OH excluding ortho intramolecular Hbond substituents is 2. The standard InChI is InChI=1S/C9H11FO2/c1-2-3-6-4-7(10)9(12)5-8(6)11/h4-5,11-12H,2-3H2,1H3. The van der Waals surface area contributed by atoms with E-state index in [0.29, 0.717) is 12.0 Å². The molecule has 0 heterocycles. The summed E-state index contributed by atoms with van der Waals surface area (Å²) < 4.78 is 12.7. The fourth-order valence-electron chi connectivity index (χ4n) is 1.06. The molecule has 66 valence electrons. The summed E-state index contributed by atoms with van der Waals surface area (Å²) in [7, 11) is 0. The van der Waals surface area contributed by atoms with Crippen molar-refractivity contribution in [1.82, 2.24) is 0 Å². The van der Waals surface area contributed by atoms with Crippen LogP contribution < -0.4 is 0 Å². The molecular formula is C9H11FO2. The van der Waals surface area contributed by atoms with Gasteiger partial charge in [0, 0.05) is 6.07 Å². The van der Waals surface area contributed by atoms with Crippen molar-refractivity contribution in [3.63, 3.8) is 0 Å². The molecule has 0 aliphatic heterocycles. The van der Waals surface area contributed by atoms with Crippen molar-refractivity contribution in [1.29, 1.82) is 0 Å². The molecule has 0 amide bonds. The van der Waals surface area contributed by atoms with Gasteiger partial charge in [-0.1, -0.05) is 13.3 Å². The molecule has 12 heavy (non-hydrogen) atoms. The predicted molar refractivity (Wildman–Crippen MR) is 43.7 cm³/mol. The van der Waals surface area contributed by atoms with Crippen LogP contribution in [0.2, 0.25) is 0 Å². The molecule has 0 saturated heterocycles. The Balaban J connectivity index is 3.05. The van der Waals surface area contributed by atoms with E-state index in [9.17, 15) is 9.50 Å². The van der Waals surface area contributed by atoms with Crippen molar-refractivity contribution >= 4 is 0 Å². The number of hydrogen-bond acceptors (Lipinski definition) is 2. The molecule has 2 nitrogen and oxygen atoms in total. The molecule has 2 N–H and O–H groups in total. The first kappa shape index (κ1) is 8.84. The van der Waals surface area contributed by atoms with Crippen molar-refractivity contribution < 1.29 is 14.6 Å². The van der Waals surface area contributed by atoms with Gasteiger partial charge >= 0.3 is 0 Å². The van der Waals surface area contributed by atoms with Crippen LogP contribution in [0.4, 0.5) is 4.39 Å². The molecule has 0 bridgehead atoms. The van der Waals surface area contributed by atoms with Crippen LogP contribution in [0.5, 0.6) is 11.5 Å². The number of aryl methyl sites for hydroxylation is 1. The lowest BCUT2D eigenvalue weighted by molar-refractivity contribution is 0.416. The van der Waals surface area contributed by atoms with Crippen LogP contribution in [0.3, 0.4) is 0 Å². The lowest BCUT2D eigenvalue weighted by Gasteiger charge is -2.03. The van der Waals surface area contributed by atoms with E-state index in [1.807, 2.05) is 6.92 Å². The largest absolute Gasteiger partial charge is 0.508 e. The van der Waals surface area contributed by atoms with E-state index in [1.54, 1.807) is 0 Å². The van der Waals surface area contributed by atoms with Crippen LogP contribution in [-0.4, -0.2) is 10.2 Å². The molecule has 0 saturated carbocycles. The summed E-state index contributed by atoms with van der Waals surface area (Å²) in [6.07, 6.45) is 1.45. The summed E-state index contributed by atoms with van der Waals surface area (Å²) in [6.45, 7) is 1.93. The Hall–Kier alpha value is -1.25.